The second kappa shape index (κ2) is 7.38. The summed E-state index contributed by atoms with van der Waals surface area (Å²) in [6.07, 6.45) is 0. The molecule has 0 aliphatic rings. The van der Waals surface area contributed by atoms with Crippen molar-refractivity contribution < 1.29 is 4.42 Å². The fraction of sp³-hybridized carbons (Fsp3) is 0.211. The number of rotatable bonds is 4. The van der Waals surface area contributed by atoms with Crippen LogP contribution in [-0.2, 0) is 6.54 Å². The van der Waals surface area contributed by atoms with E-state index in [1.165, 1.54) is 6.07 Å². The van der Waals surface area contributed by atoms with Crippen molar-refractivity contribution in [3.63, 3.8) is 0 Å². The predicted octanol–water partition coefficient (Wildman–Crippen LogP) is 5.91. The van der Waals surface area contributed by atoms with Crippen LogP contribution >= 0.6 is 34.8 Å². The molecule has 1 heterocycles. The molecule has 0 fully saturated rings. The standard InChI is InChI=1S/C19H16Cl3NO2/c1-10-5-18-15(8-16(10)21)12(6-19(24)25-18)9-23-11(2)14-4-3-13(20)7-17(14)22/h3-8,11,23H,9H2,1-2H3/t11-/m1/s1. The third kappa shape index (κ3) is 4.01. The lowest BCUT2D eigenvalue weighted by atomic mass is 10.1. The second-order valence-corrected chi connectivity index (χ2v) is 7.21. The first-order valence-electron chi connectivity index (χ1n) is 7.76. The summed E-state index contributed by atoms with van der Waals surface area (Å²) in [6, 6.07) is 10.5. The third-order valence-corrected chi connectivity index (χ3v) is 5.11. The molecule has 3 aromatic rings. The zero-order chi connectivity index (χ0) is 18.1. The Bertz CT molecular complexity index is 998. The Morgan fingerprint density at radius 1 is 1.08 bits per heavy atom. The first-order valence-corrected chi connectivity index (χ1v) is 8.90. The molecule has 2 aromatic carbocycles. The van der Waals surface area contributed by atoms with E-state index in [9.17, 15) is 4.79 Å². The van der Waals surface area contributed by atoms with Crippen LogP contribution in [0, 0.1) is 6.92 Å². The zero-order valence-electron chi connectivity index (χ0n) is 13.7. The molecule has 130 valence electrons. The molecule has 3 rings (SSSR count). The summed E-state index contributed by atoms with van der Waals surface area (Å²) in [5.74, 6) is 0. The highest BCUT2D eigenvalue weighted by Gasteiger charge is 2.12. The van der Waals surface area contributed by atoms with Crippen molar-refractivity contribution in [2.24, 2.45) is 0 Å². The van der Waals surface area contributed by atoms with Gasteiger partial charge in [0.1, 0.15) is 5.58 Å². The molecule has 0 bridgehead atoms. The Labute approximate surface area is 160 Å². The molecule has 0 amide bonds. The molecule has 1 atom stereocenters. The van der Waals surface area contributed by atoms with Gasteiger partial charge in [-0.25, -0.2) is 4.79 Å². The first-order chi connectivity index (χ1) is 11.8. The maximum absolute atomic E-state index is 11.8. The summed E-state index contributed by atoms with van der Waals surface area (Å²) >= 11 is 18.4. The molecular weight excluding hydrogens is 381 g/mol. The van der Waals surface area contributed by atoms with Crippen LogP contribution in [-0.4, -0.2) is 0 Å². The van der Waals surface area contributed by atoms with E-state index >= 15 is 0 Å². The normalized spacial score (nSPS) is 12.5. The summed E-state index contributed by atoms with van der Waals surface area (Å²) in [6.45, 7) is 4.35. The summed E-state index contributed by atoms with van der Waals surface area (Å²) in [5.41, 5.74) is 2.77. The van der Waals surface area contributed by atoms with Crippen LogP contribution in [0.15, 0.2) is 45.6 Å². The van der Waals surface area contributed by atoms with Crippen LogP contribution in [0.4, 0.5) is 0 Å². The molecule has 0 saturated heterocycles. The molecule has 0 radical (unpaired) electrons. The van der Waals surface area contributed by atoms with E-state index in [1.54, 1.807) is 18.2 Å². The van der Waals surface area contributed by atoms with Crippen molar-refractivity contribution in [2.45, 2.75) is 26.4 Å². The van der Waals surface area contributed by atoms with Crippen molar-refractivity contribution in [3.8, 4) is 0 Å². The highest BCUT2D eigenvalue weighted by Crippen LogP contribution is 2.28. The van der Waals surface area contributed by atoms with Crippen LogP contribution in [0.3, 0.4) is 0 Å². The lowest BCUT2D eigenvalue weighted by molar-refractivity contribution is 0.547. The Morgan fingerprint density at radius 3 is 2.56 bits per heavy atom. The van der Waals surface area contributed by atoms with E-state index in [2.05, 4.69) is 5.32 Å². The summed E-state index contributed by atoms with van der Waals surface area (Å²) in [5, 5.41) is 6.03. The van der Waals surface area contributed by atoms with Gasteiger partial charge in [0, 0.05) is 39.1 Å². The van der Waals surface area contributed by atoms with Crippen molar-refractivity contribution in [2.75, 3.05) is 0 Å². The van der Waals surface area contributed by atoms with Crippen molar-refractivity contribution in [1.82, 2.24) is 5.32 Å². The molecule has 6 heteroatoms. The average molecular weight is 397 g/mol. The zero-order valence-corrected chi connectivity index (χ0v) is 16.0. The monoisotopic (exact) mass is 395 g/mol. The predicted molar refractivity (Wildman–Crippen MR) is 104 cm³/mol. The Morgan fingerprint density at radius 2 is 1.84 bits per heavy atom. The van der Waals surface area contributed by atoms with Gasteiger partial charge in [-0.15, -0.1) is 0 Å². The van der Waals surface area contributed by atoms with E-state index in [-0.39, 0.29) is 11.7 Å². The molecule has 0 aliphatic carbocycles. The van der Waals surface area contributed by atoms with Gasteiger partial charge in [0.05, 0.1) is 0 Å². The maximum atomic E-state index is 11.8. The van der Waals surface area contributed by atoms with Gasteiger partial charge in [-0.05, 0) is 54.8 Å². The van der Waals surface area contributed by atoms with Gasteiger partial charge in [0.15, 0.2) is 0 Å². The molecule has 0 spiro atoms. The van der Waals surface area contributed by atoms with E-state index in [1.807, 2.05) is 26.0 Å². The maximum Gasteiger partial charge on any atom is 0.336 e. The van der Waals surface area contributed by atoms with Crippen LogP contribution < -0.4 is 10.9 Å². The first kappa shape index (κ1) is 18.3. The Kier molecular flexibility index (Phi) is 5.40. The van der Waals surface area contributed by atoms with Crippen LogP contribution in [0.2, 0.25) is 15.1 Å². The van der Waals surface area contributed by atoms with E-state index in [0.29, 0.717) is 27.2 Å². The van der Waals surface area contributed by atoms with Crippen molar-refractivity contribution >= 4 is 45.8 Å². The number of hydrogen-bond donors (Lipinski definition) is 1. The summed E-state index contributed by atoms with van der Waals surface area (Å²) in [4.78, 5) is 11.8. The lowest BCUT2D eigenvalue weighted by Crippen LogP contribution is -2.19. The van der Waals surface area contributed by atoms with Gasteiger partial charge in [0.2, 0.25) is 0 Å². The van der Waals surface area contributed by atoms with Gasteiger partial charge in [-0.3, -0.25) is 0 Å². The van der Waals surface area contributed by atoms with E-state index in [4.69, 9.17) is 39.2 Å². The van der Waals surface area contributed by atoms with Gasteiger partial charge < -0.3 is 9.73 Å². The molecule has 0 unspecified atom stereocenters. The minimum Gasteiger partial charge on any atom is -0.423 e. The van der Waals surface area contributed by atoms with Crippen LogP contribution in [0.5, 0.6) is 0 Å². The fourth-order valence-electron chi connectivity index (χ4n) is 2.72. The molecular formula is C19H16Cl3NO2. The number of halogens is 3. The number of hydrogen-bond acceptors (Lipinski definition) is 3. The quantitative estimate of drug-likeness (QED) is 0.557. The van der Waals surface area contributed by atoms with Gasteiger partial charge >= 0.3 is 5.63 Å². The van der Waals surface area contributed by atoms with Crippen molar-refractivity contribution in [3.05, 3.63) is 78.6 Å². The number of fused-ring (bicyclic) bond motifs is 1. The highest BCUT2D eigenvalue weighted by molar-refractivity contribution is 6.35. The van der Waals surface area contributed by atoms with Crippen molar-refractivity contribution in [1.29, 1.82) is 0 Å². The molecule has 3 nitrogen and oxygen atoms in total. The minimum absolute atomic E-state index is 0.0204. The van der Waals surface area contributed by atoms with E-state index < -0.39 is 0 Å². The lowest BCUT2D eigenvalue weighted by Gasteiger charge is -2.17. The molecule has 0 saturated carbocycles. The van der Waals surface area contributed by atoms with Gasteiger partial charge in [0.25, 0.3) is 0 Å². The highest BCUT2D eigenvalue weighted by atomic mass is 35.5. The van der Waals surface area contributed by atoms with Crippen LogP contribution in [0.1, 0.15) is 29.7 Å². The third-order valence-electron chi connectivity index (χ3n) is 4.14. The number of benzene rings is 2. The minimum atomic E-state index is -0.386. The Balaban J connectivity index is 1.90. The number of aryl methyl sites for hydroxylation is 1. The molecule has 1 aromatic heterocycles. The largest absolute Gasteiger partial charge is 0.423 e. The van der Waals surface area contributed by atoms with Crippen LogP contribution in [0.25, 0.3) is 11.0 Å². The molecule has 0 aliphatic heterocycles. The SMILES string of the molecule is Cc1cc2oc(=O)cc(CN[C@H](C)c3ccc(Cl)cc3Cl)c2cc1Cl. The van der Waals surface area contributed by atoms with Gasteiger partial charge in [-0.2, -0.15) is 0 Å². The average Bonchev–Trinajstić information content (AvgIpc) is 2.54. The second-order valence-electron chi connectivity index (χ2n) is 5.96. The molecule has 1 N–H and O–H groups in total. The summed E-state index contributed by atoms with van der Waals surface area (Å²) in [7, 11) is 0. The smallest absolute Gasteiger partial charge is 0.336 e. The number of nitrogens with one attached hydrogen (secondary N) is 1. The van der Waals surface area contributed by atoms with E-state index in [0.717, 1.165) is 22.1 Å². The van der Waals surface area contributed by atoms with Gasteiger partial charge in [-0.1, -0.05) is 40.9 Å². The topological polar surface area (TPSA) is 42.2 Å². The Hall–Kier alpha value is -1.52. The fourth-order valence-corrected chi connectivity index (χ4v) is 3.46. The summed E-state index contributed by atoms with van der Waals surface area (Å²) < 4.78 is 5.28. The molecule has 25 heavy (non-hydrogen) atoms.